The zero-order chi connectivity index (χ0) is 21.6. The normalized spacial score (nSPS) is 11.0. The second kappa shape index (κ2) is 9.65. The van der Waals surface area contributed by atoms with E-state index in [4.69, 9.17) is 16.3 Å². The Morgan fingerprint density at radius 3 is 2.27 bits per heavy atom. The predicted octanol–water partition coefficient (Wildman–Crippen LogP) is 4.57. The van der Waals surface area contributed by atoms with E-state index in [1.54, 1.807) is 73.7 Å². The predicted molar refractivity (Wildman–Crippen MR) is 119 cm³/mol. The van der Waals surface area contributed by atoms with Gasteiger partial charge in [-0.3, -0.25) is 9.10 Å². The van der Waals surface area contributed by atoms with Gasteiger partial charge in [-0.2, -0.15) is 0 Å². The first-order valence-electron chi connectivity index (χ1n) is 9.27. The van der Waals surface area contributed by atoms with E-state index in [-0.39, 0.29) is 10.6 Å². The molecule has 0 aliphatic carbocycles. The van der Waals surface area contributed by atoms with Crippen LogP contribution in [0, 0.1) is 0 Å². The van der Waals surface area contributed by atoms with Crippen molar-refractivity contribution in [2.24, 2.45) is 0 Å². The number of hydrogen-bond donors (Lipinski definition) is 1. The molecule has 0 fully saturated rings. The van der Waals surface area contributed by atoms with Crippen molar-refractivity contribution >= 4 is 38.9 Å². The maximum Gasteiger partial charge on any atom is 0.264 e. The fourth-order valence-corrected chi connectivity index (χ4v) is 4.40. The molecule has 0 aromatic heterocycles. The van der Waals surface area contributed by atoms with Crippen LogP contribution < -0.4 is 14.4 Å². The van der Waals surface area contributed by atoms with Crippen LogP contribution in [-0.4, -0.2) is 27.5 Å². The fraction of sp³-hybridized carbons (Fsp3) is 0.136. The van der Waals surface area contributed by atoms with E-state index >= 15 is 0 Å². The maximum atomic E-state index is 13.4. The molecule has 0 saturated carbocycles. The average Bonchev–Trinajstić information content (AvgIpc) is 2.75. The highest BCUT2D eigenvalue weighted by Gasteiger charge is 2.29. The smallest absolute Gasteiger partial charge is 0.264 e. The molecule has 1 amide bonds. The second-order valence-corrected chi connectivity index (χ2v) is 8.58. The molecule has 0 heterocycles. The Bertz CT molecular complexity index is 1100. The third-order valence-electron chi connectivity index (χ3n) is 4.18. The van der Waals surface area contributed by atoms with Gasteiger partial charge in [0.15, 0.2) is 0 Å². The van der Waals surface area contributed by atoms with E-state index in [1.807, 2.05) is 0 Å². The van der Waals surface area contributed by atoms with Gasteiger partial charge in [0.1, 0.15) is 12.3 Å². The fourth-order valence-electron chi connectivity index (χ4n) is 2.82. The van der Waals surface area contributed by atoms with Gasteiger partial charge in [0.25, 0.3) is 10.0 Å². The van der Waals surface area contributed by atoms with Gasteiger partial charge in [-0.15, -0.1) is 0 Å². The number of nitrogens with one attached hydrogen (secondary N) is 1. The molecule has 156 valence electrons. The Labute approximate surface area is 181 Å². The number of halogens is 1. The molecule has 0 aliphatic rings. The Balaban J connectivity index is 1.98. The van der Waals surface area contributed by atoms with Crippen molar-refractivity contribution in [3.05, 3.63) is 83.9 Å². The van der Waals surface area contributed by atoms with E-state index in [2.05, 4.69) is 5.32 Å². The first-order chi connectivity index (χ1) is 14.4. The van der Waals surface area contributed by atoms with Crippen molar-refractivity contribution < 1.29 is 17.9 Å². The van der Waals surface area contributed by atoms with E-state index < -0.39 is 22.5 Å². The number of para-hydroxylation sites is 2. The van der Waals surface area contributed by atoms with Crippen LogP contribution in [0.5, 0.6) is 5.75 Å². The van der Waals surface area contributed by atoms with Crippen molar-refractivity contribution in [1.82, 2.24) is 0 Å². The van der Waals surface area contributed by atoms with Gasteiger partial charge in [-0.1, -0.05) is 41.9 Å². The van der Waals surface area contributed by atoms with E-state index in [1.165, 1.54) is 12.1 Å². The number of amides is 1. The highest BCUT2D eigenvalue weighted by molar-refractivity contribution is 7.92. The van der Waals surface area contributed by atoms with Crippen LogP contribution in [0.3, 0.4) is 0 Å². The SMILES string of the molecule is CCOc1ccccc1N(CC(=O)Nc1ccc(Cl)cc1)S(=O)(=O)c1ccccc1. The van der Waals surface area contributed by atoms with Gasteiger partial charge in [0.05, 0.1) is 17.2 Å². The summed E-state index contributed by atoms with van der Waals surface area (Å²) in [6.07, 6.45) is 0. The lowest BCUT2D eigenvalue weighted by Gasteiger charge is -2.26. The number of carbonyl (C=O) groups is 1. The summed E-state index contributed by atoms with van der Waals surface area (Å²) >= 11 is 5.87. The Kier molecular flexibility index (Phi) is 6.97. The number of anilines is 2. The minimum Gasteiger partial charge on any atom is -0.492 e. The van der Waals surface area contributed by atoms with E-state index in [0.29, 0.717) is 23.1 Å². The lowest BCUT2D eigenvalue weighted by atomic mass is 10.3. The van der Waals surface area contributed by atoms with Crippen LogP contribution in [-0.2, 0) is 14.8 Å². The third-order valence-corrected chi connectivity index (χ3v) is 6.21. The number of hydrogen-bond acceptors (Lipinski definition) is 4. The Morgan fingerprint density at radius 2 is 1.60 bits per heavy atom. The molecular weight excluding hydrogens is 424 g/mol. The van der Waals surface area contributed by atoms with Crippen molar-refractivity contribution in [2.75, 3.05) is 22.8 Å². The molecule has 0 unspecified atom stereocenters. The molecule has 8 heteroatoms. The molecule has 0 bridgehead atoms. The molecule has 0 radical (unpaired) electrons. The van der Waals surface area contributed by atoms with Gasteiger partial charge in [-0.05, 0) is 55.5 Å². The van der Waals surface area contributed by atoms with Crippen LogP contribution in [0.4, 0.5) is 11.4 Å². The van der Waals surface area contributed by atoms with Gasteiger partial charge in [0, 0.05) is 10.7 Å². The number of ether oxygens (including phenoxy) is 1. The van der Waals surface area contributed by atoms with Crippen LogP contribution in [0.2, 0.25) is 5.02 Å². The molecule has 6 nitrogen and oxygen atoms in total. The second-order valence-electron chi connectivity index (χ2n) is 6.28. The molecule has 0 aliphatic heterocycles. The minimum atomic E-state index is -4.02. The summed E-state index contributed by atoms with van der Waals surface area (Å²) in [6, 6.07) is 21.3. The first-order valence-corrected chi connectivity index (χ1v) is 11.1. The third kappa shape index (κ3) is 5.11. The van der Waals surface area contributed by atoms with Crippen molar-refractivity contribution in [1.29, 1.82) is 0 Å². The molecule has 3 rings (SSSR count). The highest BCUT2D eigenvalue weighted by Crippen LogP contribution is 2.32. The minimum absolute atomic E-state index is 0.0793. The van der Waals surface area contributed by atoms with Crippen molar-refractivity contribution in [2.45, 2.75) is 11.8 Å². The monoisotopic (exact) mass is 444 g/mol. The molecule has 30 heavy (non-hydrogen) atoms. The van der Waals surface area contributed by atoms with E-state index in [0.717, 1.165) is 4.31 Å². The van der Waals surface area contributed by atoms with Gasteiger partial charge in [-0.25, -0.2) is 8.42 Å². The standard InChI is InChI=1S/C22H21ClN2O4S/c1-2-29-21-11-7-6-10-20(21)25(30(27,28)19-8-4-3-5-9-19)16-22(26)24-18-14-12-17(23)13-15-18/h3-15H,2,16H2,1H3,(H,24,26). The zero-order valence-corrected chi connectivity index (χ0v) is 17.9. The number of carbonyl (C=O) groups excluding carboxylic acids is 1. The van der Waals surface area contributed by atoms with Crippen LogP contribution in [0.1, 0.15) is 6.92 Å². The molecule has 0 spiro atoms. The Morgan fingerprint density at radius 1 is 0.967 bits per heavy atom. The molecule has 3 aromatic rings. The number of rotatable bonds is 8. The van der Waals surface area contributed by atoms with Crippen molar-refractivity contribution in [3.63, 3.8) is 0 Å². The van der Waals surface area contributed by atoms with E-state index in [9.17, 15) is 13.2 Å². The van der Waals surface area contributed by atoms with Crippen molar-refractivity contribution in [3.8, 4) is 5.75 Å². The van der Waals surface area contributed by atoms with Gasteiger partial charge >= 0.3 is 0 Å². The molecule has 0 atom stereocenters. The number of nitrogens with zero attached hydrogens (tertiary/aromatic N) is 1. The molecule has 3 aromatic carbocycles. The summed E-state index contributed by atoms with van der Waals surface area (Å²) < 4.78 is 33.5. The van der Waals surface area contributed by atoms with Gasteiger partial charge < -0.3 is 10.1 Å². The van der Waals surface area contributed by atoms with Crippen LogP contribution >= 0.6 is 11.6 Å². The summed E-state index contributed by atoms with van der Waals surface area (Å²) in [5.74, 6) is -0.123. The summed E-state index contributed by atoms with van der Waals surface area (Å²) in [5, 5.41) is 3.23. The lowest BCUT2D eigenvalue weighted by molar-refractivity contribution is -0.114. The number of sulfonamides is 1. The first kappa shape index (κ1) is 21.7. The van der Waals surface area contributed by atoms with Crippen LogP contribution in [0.15, 0.2) is 83.8 Å². The highest BCUT2D eigenvalue weighted by atomic mass is 35.5. The summed E-state index contributed by atoms with van der Waals surface area (Å²) in [5.41, 5.74) is 0.800. The Hall–Kier alpha value is -3.03. The molecule has 1 N–H and O–H groups in total. The topological polar surface area (TPSA) is 75.7 Å². The molecule has 0 saturated heterocycles. The summed E-state index contributed by atoms with van der Waals surface area (Å²) in [4.78, 5) is 12.8. The zero-order valence-electron chi connectivity index (χ0n) is 16.3. The quantitative estimate of drug-likeness (QED) is 0.552. The average molecular weight is 445 g/mol. The summed E-state index contributed by atoms with van der Waals surface area (Å²) in [7, 11) is -4.02. The van der Waals surface area contributed by atoms with Crippen LogP contribution in [0.25, 0.3) is 0 Å². The molecular formula is C22H21ClN2O4S. The summed E-state index contributed by atoms with van der Waals surface area (Å²) in [6.45, 7) is 1.73. The lowest BCUT2D eigenvalue weighted by Crippen LogP contribution is -2.38. The maximum absolute atomic E-state index is 13.4. The van der Waals surface area contributed by atoms with Gasteiger partial charge in [0.2, 0.25) is 5.91 Å². The number of benzene rings is 3. The largest absolute Gasteiger partial charge is 0.492 e.